The van der Waals surface area contributed by atoms with Gasteiger partial charge in [-0.05, 0) is 23.8 Å². The molecule has 6 nitrogen and oxygen atoms in total. The van der Waals surface area contributed by atoms with Gasteiger partial charge in [0.15, 0.2) is 9.84 Å². The van der Waals surface area contributed by atoms with E-state index in [0.717, 1.165) is 0 Å². The van der Waals surface area contributed by atoms with Gasteiger partial charge in [-0.15, -0.1) is 0 Å². The molecule has 0 saturated heterocycles. The lowest BCUT2D eigenvalue weighted by Gasteiger charge is -2.04. The molecular weight excluding hydrogens is 294 g/mol. The fourth-order valence-electron chi connectivity index (χ4n) is 1.83. The van der Waals surface area contributed by atoms with E-state index in [1.165, 1.54) is 12.1 Å². The number of carbonyl (C=O) groups is 1. The van der Waals surface area contributed by atoms with Crippen LogP contribution in [-0.2, 0) is 21.3 Å². The summed E-state index contributed by atoms with van der Waals surface area (Å²) in [5.74, 6) is -2.23. The molecule has 0 amide bonds. The molecule has 1 N–H and O–H groups in total. The molecule has 2 aromatic rings. The Bertz CT molecular complexity index is 814. The number of rotatable bonds is 5. The van der Waals surface area contributed by atoms with E-state index in [1.807, 2.05) is 6.07 Å². The van der Waals surface area contributed by atoms with Gasteiger partial charge in [-0.1, -0.05) is 18.2 Å². The predicted molar refractivity (Wildman–Crippen MR) is 73.2 cm³/mol. The predicted octanol–water partition coefficient (Wildman–Crippen LogP) is 1.96. The highest BCUT2D eigenvalue weighted by atomic mass is 32.2. The van der Waals surface area contributed by atoms with E-state index in [9.17, 15) is 13.2 Å². The summed E-state index contributed by atoms with van der Waals surface area (Å²) < 4.78 is 29.1. The highest BCUT2D eigenvalue weighted by molar-refractivity contribution is 7.89. The first-order valence-corrected chi connectivity index (χ1v) is 7.74. The molecule has 2 rings (SSSR count). The van der Waals surface area contributed by atoms with Crippen molar-refractivity contribution < 1.29 is 22.7 Å². The van der Waals surface area contributed by atoms with Crippen LogP contribution < -0.4 is 0 Å². The van der Waals surface area contributed by atoms with Crippen LogP contribution in [0.2, 0.25) is 0 Å². The molecule has 1 aromatic heterocycles. The molecule has 108 valence electrons. The lowest BCUT2D eigenvalue weighted by molar-refractivity contribution is 0.0660. The minimum atomic E-state index is -3.57. The van der Waals surface area contributed by atoms with E-state index in [1.54, 1.807) is 24.3 Å². The molecule has 0 saturated carbocycles. The van der Waals surface area contributed by atoms with Crippen LogP contribution >= 0.6 is 0 Å². The monoisotopic (exact) mass is 305 g/mol. The lowest BCUT2D eigenvalue weighted by atomic mass is 10.1. The molecule has 7 heteroatoms. The Balaban J connectivity index is 2.19. The molecule has 0 spiro atoms. The number of nitriles is 1. The largest absolute Gasteiger partial charge is 0.475 e. The summed E-state index contributed by atoms with van der Waals surface area (Å²) in [6, 6.07) is 10.9. The van der Waals surface area contributed by atoms with Gasteiger partial charge in [0.2, 0.25) is 5.76 Å². The molecule has 1 heterocycles. The van der Waals surface area contributed by atoms with E-state index in [4.69, 9.17) is 14.8 Å². The average molecular weight is 305 g/mol. The smallest absolute Gasteiger partial charge is 0.371 e. The van der Waals surface area contributed by atoms with Crippen molar-refractivity contribution in [3.05, 3.63) is 59.0 Å². The summed E-state index contributed by atoms with van der Waals surface area (Å²) in [5.41, 5.74) is 0.705. The Hall–Kier alpha value is -2.59. The van der Waals surface area contributed by atoms with Crippen LogP contribution in [-0.4, -0.2) is 19.5 Å². The zero-order valence-corrected chi connectivity index (χ0v) is 11.6. The number of hydrogen-bond acceptors (Lipinski definition) is 5. The zero-order chi connectivity index (χ0) is 15.5. The highest BCUT2D eigenvalue weighted by Gasteiger charge is 2.18. The minimum Gasteiger partial charge on any atom is -0.475 e. The summed E-state index contributed by atoms with van der Waals surface area (Å²) in [5, 5.41) is 17.7. The maximum Gasteiger partial charge on any atom is 0.371 e. The summed E-state index contributed by atoms with van der Waals surface area (Å²) in [6.45, 7) is 0. The first kappa shape index (κ1) is 14.8. The van der Waals surface area contributed by atoms with Crippen LogP contribution in [0.1, 0.15) is 27.4 Å². The Morgan fingerprint density at radius 2 is 1.90 bits per heavy atom. The van der Waals surface area contributed by atoms with Gasteiger partial charge in [0.25, 0.3) is 0 Å². The molecule has 0 bridgehead atoms. The molecule has 0 radical (unpaired) electrons. The molecule has 0 aliphatic heterocycles. The fraction of sp³-hybridized carbons (Fsp3) is 0.143. The van der Waals surface area contributed by atoms with Gasteiger partial charge in [-0.2, -0.15) is 5.26 Å². The van der Waals surface area contributed by atoms with Crippen molar-refractivity contribution in [1.29, 1.82) is 5.26 Å². The Kier molecular flexibility index (Phi) is 4.10. The van der Waals surface area contributed by atoms with E-state index in [-0.39, 0.29) is 17.3 Å². The van der Waals surface area contributed by atoms with Gasteiger partial charge in [0.1, 0.15) is 11.5 Å². The highest BCUT2D eigenvalue weighted by Crippen LogP contribution is 2.17. The molecule has 0 atom stereocenters. The Labute approximate surface area is 121 Å². The third kappa shape index (κ3) is 3.70. The first-order chi connectivity index (χ1) is 9.91. The van der Waals surface area contributed by atoms with Crippen molar-refractivity contribution in [1.82, 2.24) is 0 Å². The number of carboxylic acid groups (broad SMARTS) is 1. The SMILES string of the molecule is N#Cc1ccccc1CS(=O)(=O)Cc1ccc(C(=O)O)o1. The second-order valence-corrected chi connectivity index (χ2v) is 6.44. The Morgan fingerprint density at radius 3 is 2.52 bits per heavy atom. The number of hydrogen-bond donors (Lipinski definition) is 1. The van der Waals surface area contributed by atoms with Gasteiger partial charge in [-0.3, -0.25) is 0 Å². The molecule has 0 unspecified atom stereocenters. The Morgan fingerprint density at radius 1 is 1.19 bits per heavy atom. The van der Waals surface area contributed by atoms with E-state index < -0.39 is 21.6 Å². The van der Waals surface area contributed by atoms with E-state index >= 15 is 0 Å². The molecule has 0 fully saturated rings. The van der Waals surface area contributed by atoms with E-state index in [2.05, 4.69) is 0 Å². The zero-order valence-electron chi connectivity index (χ0n) is 10.8. The van der Waals surface area contributed by atoms with E-state index in [0.29, 0.717) is 11.1 Å². The maximum atomic E-state index is 12.1. The van der Waals surface area contributed by atoms with Crippen LogP contribution in [0, 0.1) is 11.3 Å². The number of nitrogens with zero attached hydrogens (tertiary/aromatic N) is 1. The third-order valence-electron chi connectivity index (χ3n) is 2.75. The molecule has 21 heavy (non-hydrogen) atoms. The van der Waals surface area contributed by atoms with Crippen LogP contribution in [0.4, 0.5) is 0 Å². The van der Waals surface area contributed by atoms with Crippen molar-refractivity contribution >= 4 is 15.8 Å². The molecule has 0 aliphatic carbocycles. The quantitative estimate of drug-likeness (QED) is 0.904. The van der Waals surface area contributed by atoms with Gasteiger partial charge in [-0.25, -0.2) is 13.2 Å². The van der Waals surface area contributed by atoms with Crippen LogP contribution in [0.25, 0.3) is 0 Å². The van der Waals surface area contributed by atoms with Crippen molar-refractivity contribution in [3.63, 3.8) is 0 Å². The molecule has 0 aliphatic rings. The van der Waals surface area contributed by atoms with Crippen LogP contribution in [0.5, 0.6) is 0 Å². The van der Waals surface area contributed by atoms with Crippen LogP contribution in [0.3, 0.4) is 0 Å². The first-order valence-electron chi connectivity index (χ1n) is 5.92. The molecular formula is C14H11NO5S. The second-order valence-electron chi connectivity index (χ2n) is 4.37. The molecule has 1 aromatic carbocycles. The number of furan rings is 1. The lowest BCUT2D eigenvalue weighted by Crippen LogP contribution is -2.08. The summed E-state index contributed by atoms with van der Waals surface area (Å²) in [7, 11) is -3.57. The number of sulfone groups is 1. The number of carboxylic acids is 1. The van der Waals surface area contributed by atoms with Crippen LogP contribution in [0.15, 0.2) is 40.8 Å². The standard InChI is InChI=1S/C14H11NO5S/c15-7-10-3-1-2-4-11(10)8-21(18,19)9-12-5-6-13(20-12)14(16)17/h1-6H,8-9H2,(H,16,17). The minimum absolute atomic E-state index is 0.0573. The summed E-state index contributed by atoms with van der Waals surface area (Å²) in [6.07, 6.45) is 0. The topological polar surface area (TPSA) is 108 Å². The maximum absolute atomic E-state index is 12.1. The third-order valence-corrected chi connectivity index (χ3v) is 4.22. The fourth-order valence-corrected chi connectivity index (χ4v) is 3.25. The normalized spacial score (nSPS) is 11.0. The van der Waals surface area contributed by atoms with Crippen molar-refractivity contribution in [2.75, 3.05) is 0 Å². The van der Waals surface area contributed by atoms with Gasteiger partial charge in [0, 0.05) is 0 Å². The van der Waals surface area contributed by atoms with Gasteiger partial charge in [0.05, 0.1) is 17.4 Å². The van der Waals surface area contributed by atoms with Gasteiger partial charge >= 0.3 is 5.97 Å². The van der Waals surface area contributed by atoms with Crippen molar-refractivity contribution in [3.8, 4) is 6.07 Å². The average Bonchev–Trinajstić information content (AvgIpc) is 2.86. The van der Waals surface area contributed by atoms with Crippen molar-refractivity contribution in [2.45, 2.75) is 11.5 Å². The number of aromatic carboxylic acids is 1. The summed E-state index contributed by atoms with van der Waals surface area (Å²) >= 11 is 0. The van der Waals surface area contributed by atoms with Gasteiger partial charge < -0.3 is 9.52 Å². The summed E-state index contributed by atoms with van der Waals surface area (Å²) in [4.78, 5) is 10.7. The van der Waals surface area contributed by atoms with Crippen molar-refractivity contribution in [2.24, 2.45) is 0 Å². The second kappa shape index (κ2) is 5.81. The number of benzene rings is 1.